The number of pyridine rings is 2. The molecule has 0 fully saturated rings. The minimum atomic E-state index is -0.384. The van der Waals surface area contributed by atoms with Gasteiger partial charge in [-0.05, 0) is 85.8 Å². The molecule has 6 heterocycles. The molecule has 0 saturated carbocycles. The number of carbonyl (C=O) groups excluding carboxylic acids is 1. The fraction of sp³-hybridized carbons (Fsp3) is 0.0612. The summed E-state index contributed by atoms with van der Waals surface area (Å²) in [4.78, 5) is 27.3. The van der Waals surface area contributed by atoms with Gasteiger partial charge >= 0.3 is 0 Å². The van der Waals surface area contributed by atoms with Crippen LogP contribution >= 0.6 is 0 Å². The molecule has 60 heavy (non-hydrogen) atoms. The average Bonchev–Trinajstić information content (AvgIpc) is 3.88. The molecule has 288 valence electrons. The molecule has 9 aromatic rings. The lowest BCUT2D eigenvalue weighted by Gasteiger charge is -2.42. The number of hydrogen-bond donors (Lipinski definition) is 1. The van der Waals surface area contributed by atoms with Crippen molar-refractivity contribution in [3.63, 3.8) is 0 Å². The number of amides is 1. The molecule has 0 saturated heterocycles. The third-order valence-corrected chi connectivity index (χ3v) is 11.4. The van der Waals surface area contributed by atoms with Crippen LogP contribution < -0.4 is 24.7 Å². The van der Waals surface area contributed by atoms with Gasteiger partial charge in [0.15, 0.2) is 17.6 Å². The molecule has 0 spiro atoms. The van der Waals surface area contributed by atoms with Crippen LogP contribution in [-0.2, 0) is 0 Å². The highest BCUT2D eigenvalue weighted by Gasteiger charge is 2.42. The lowest BCUT2D eigenvalue weighted by atomic mass is 9.91. The van der Waals surface area contributed by atoms with Crippen molar-refractivity contribution in [3.05, 3.63) is 174 Å². The summed E-state index contributed by atoms with van der Waals surface area (Å²) in [6.45, 7) is 1.83. The first kappa shape index (κ1) is 33.9. The second kappa shape index (κ2) is 13.2. The monoisotopic (exact) mass is 784 g/mol. The Morgan fingerprint density at radius 3 is 2.18 bits per heavy atom. The van der Waals surface area contributed by atoms with Crippen molar-refractivity contribution in [2.24, 2.45) is 5.10 Å². The van der Waals surface area contributed by atoms with Gasteiger partial charge in [-0.3, -0.25) is 9.69 Å². The van der Waals surface area contributed by atoms with E-state index in [9.17, 15) is 4.79 Å². The Morgan fingerprint density at radius 2 is 1.37 bits per heavy atom. The Kier molecular flexibility index (Phi) is 7.45. The number of carbonyl (C=O) groups is 1. The van der Waals surface area contributed by atoms with E-state index in [0.29, 0.717) is 34.4 Å². The zero-order valence-corrected chi connectivity index (χ0v) is 31.9. The number of hydrazone groups is 1. The normalized spacial score (nSPS) is 16.4. The summed E-state index contributed by atoms with van der Waals surface area (Å²) >= 11 is 0. The highest BCUT2D eigenvalue weighted by molar-refractivity contribution is 6.12. The fourth-order valence-electron chi connectivity index (χ4n) is 8.57. The number of furan rings is 2. The van der Waals surface area contributed by atoms with Gasteiger partial charge in [-0.15, -0.1) is 0 Å². The van der Waals surface area contributed by atoms with Crippen LogP contribution in [0.3, 0.4) is 0 Å². The predicted molar refractivity (Wildman–Crippen MR) is 231 cm³/mol. The Bertz CT molecular complexity index is 3260. The van der Waals surface area contributed by atoms with Crippen LogP contribution in [-0.4, -0.2) is 27.6 Å². The first-order valence-corrected chi connectivity index (χ1v) is 19.6. The topological polar surface area (TPSA) is 118 Å². The summed E-state index contributed by atoms with van der Waals surface area (Å²) in [5.74, 6) is 3.94. The summed E-state index contributed by atoms with van der Waals surface area (Å²) < 4.78 is 25.5. The molecule has 2 unspecified atom stereocenters. The van der Waals surface area contributed by atoms with Crippen molar-refractivity contribution in [1.82, 2.24) is 15.4 Å². The van der Waals surface area contributed by atoms with Crippen LogP contribution in [0, 0.1) is 0 Å². The third-order valence-electron chi connectivity index (χ3n) is 11.4. The van der Waals surface area contributed by atoms with Gasteiger partial charge in [0.2, 0.25) is 0 Å². The lowest BCUT2D eigenvalue weighted by molar-refractivity contribution is 0.0954. The average molecular weight is 785 g/mol. The molecule has 1 N–H and O–H groups in total. The summed E-state index contributed by atoms with van der Waals surface area (Å²) in [6.07, 6.45) is 7.09. The van der Waals surface area contributed by atoms with E-state index >= 15 is 0 Å². The maximum Gasteiger partial charge on any atom is 0.272 e. The van der Waals surface area contributed by atoms with Crippen LogP contribution in [0.25, 0.3) is 39.0 Å². The second-order valence-electron chi connectivity index (χ2n) is 14.8. The molecular weight excluding hydrogens is 753 g/mol. The van der Waals surface area contributed by atoms with Gasteiger partial charge in [-0.25, -0.2) is 15.4 Å². The van der Waals surface area contributed by atoms with Crippen molar-refractivity contribution in [2.45, 2.75) is 19.1 Å². The number of nitrogens with zero attached hydrogens (tertiary/aromatic N) is 5. The molecule has 2 aliphatic heterocycles. The zero-order chi connectivity index (χ0) is 39.9. The number of fused-ring (bicyclic) bond motifs is 12. The van der Waals surface area contributed by atoms with Gasteiger partial charge in [-0.2, -0.15) is 5.10 Å². The number of benzene rings is 5. The SMILES string of the molecule is C/C(=N\NC(=O)c1ccc(N2c3ccccc3OC3c4c(oc5ccccc45)C=CC32)nc1)c1ccc(N2c3ccccc3Oc3c2ccc2oc4ccccc4c32)nc1. The van der Waals surface area contributed by atoms with E-state index in [0.717, 1.165) is 72.6 Å². The predicted octanol–water partition coefficient (Wildman–Crippen LogP) is 11.5. The molecule has 11 nitrogen and oxygen atoms in total. The first-order chi connectivity index (χ1) is 29.6. The van der Waals surface area contributed by atoms with Crippen LogP contribution in [0.15, 0.2) is 166 Å². The molecule has 5 aromatic carbocycles. The summed E-state index contributed by atoms with van der Waals surface area (Å²) in [7, 11) is 0. The van der Waals surface area contributed by atoms with Crippen molar-refractivity contribution in [2.75, 3.05) is 9.80 Å². The second-order valence-corrected chi connectivity index (χ2v) is 14.8. The molecule has 2 atom stereocenters. The largest absolute Gasteiger partial charge is 0.481 e. The molecule has 0 radical (unpaired) electrons. The van der Waals surface area contributed by atoms with Crippen molar-refractivity contribution in [3.8, 4) is 17.2 Å². The van der Waals surface area contributed by atoms with E-state index in [2.05, 4.69) is 32.5 Å². The standard InChI is InChI=1S/C49H32N6O5/c1-28(29-18-24-43(50-26-29)54-33-12-4-8-16-39(33)59-47-35(54)20-22-41-45(47)31-10-2-6-14-37(31)57-41)52-53-49(56)30-19-25-44(51-27-30)55-34-13-5-9-17-40(34)60-48-36(55)21-23-42-46(48)32-11-3-7-15-38(32)58-42/h2-27,36,48H,1H3,(H,53,56)/b52-28+. The number of anilines is 5. The van der Waals surface area contributed by atoms with E-state index in [1.807, 2.05) is 134 Å². The maximum absolute atomic E-state index is 13.4. The van der Waals surface area contributed by atoms with E-state index in [1.54, 1.807) is 18.5 Å². The van der Waals surface area contributed by atoms with E-state index in [4.69, 9.17) is 28.3 Å². The highest BCUT2D eigenvalue weighted by atomic mass is 16.5. The third kappa shape index (κ3) is 5.22. The van der Waals surface area contributed by atoms with Crippen molar-refractivity contribution < 1.29 is 23.1 Å². The minimum Gasteiger partial charge on any atom is -0.481 e. The Labute approximate surface area is 342 Å². The van der Waals surface area contributed by atoms with E-state index in [-0.39, 0.29) is 18.1 Å². The Hall–Kier alpha value is -8.18. The van der Waals surface area contributed by atoms with Gasteiger partial charge < -0.3 is 23.2 Å². The summed E-state index contributed by atoms with van der Waals surface area (Å²) in [5, 5.41) is 7.35. The molecular formula is C49H32N6O5. The molecule has 12 rings (SSSR count). The number of nitrogens with one attached hydrogen (secondary N) is 1. The highest BCUT2D eigenvalue weighted by Crippen LogP contribution is 2.54. The number of hydrogen-bond acceptors (Lipinski definition) is 10. The Balaban J connectivity index is 0.799. The zero-order valence-electron chi connectivity index (χ0n) is 31.9. The molecule has 3 aliphatic rings. The Morgan fingerprint density at radius 1 is 0.667 bits per heavy atom. The van der Waals surface area contributed by atoms with Crippen molar-refractivity contribution >= 4 is 79.3 Å². The fourth-order valence-corrected chi connectivity index (χ4v) is 8.57. The summed E-state index contributed by atoms with van der Waals surface area (Å²) in [5.41, 5.74) is 10.4. The van der Waals surface area contributed by atoms with Crippen LogP contribution in [0.2, 0.25) is 0 Å². The van der Waals surface area contributed by atoms with Crippen LogP contribution in [0.1, 0.15) is 40.3 Å². The van der Waals surface area contributed by atoms with Crippen LogP contribution in [0.4, 0.5) is 28.7 Å². The van der Waals surface area contributed by atoms with Gasteiger partial charge in [0.05, 0.1) is 39.8 Å². The summed E-state index contributed by atoms with van der Waals surface area (Å²) in [6, 6.07) is 43.0. The van der Waals surface area contributed by atoms with Crippen LogP contribution in [0.5, 0.6) is 17.2 Å². The molecule has 4 aromatic heterocycles. The number of rotatable bonds is 5. The first-order valence-electron chi connectivity index (χ1n) is 19.6. The quantitative estimate of drug-likeness (QED) is 0.134. The maximum atomic E-state index is 13.4. The molecule has 11 heteroatoms. The minimum absolute atomic E-state index is 0.201. The van der Waals surface area contributed by atoms with Gasteiger partial charge in [0, 0.05) is 34.3 Å². The van der Waals surface area contributed by atoms with E-state index < -0.39 is 0 Å². The van der Waals surface area contributed by atoms with Gasteiger partial charge in [0.25, 0.3) is 5.91 Å². The van der Waals surface area contributed by atoms with Gasteiger partial charge in [-0.1, -0.05) is 66.7 Å². The molecule has 1 aliphatic carbocycles. The van der Waals surface area contributed by atoms with E-state index in [1.165, 1.54) is 0 Å². The number of para-hydroxylation sites is 6. The lowest BCUT2D eigenvalue weighted by Crippen LogP contribution is -2.42. The van der Waals surface area contributed by atoms with Gasteiger partial charge in [0.1, 0.15) is 39.9 Å². The number of ether oxygens (including phenoxy) is 2. The number of aromatic nitrogens is 2. The smallest absolute Gasteiger partial charge is 0.272 e. The molecule has 0 bridgehead atoms. The van der Waals surface area contributed by atoms with Crippen molar-refractivity contribution in [1.29, 1.82) is 0 Å². The molecule has 1 amide bonds.